The third-order valence-electron chi connectivity index (χ3n) is 3.95. The summed E-state index contributed by atoms with van der Waals surface area (Å²) in [5.41, 5.74) is 0.0466. The van der Waals surface area contributed by atoms with Gasteiger partial charge >= 0.3 is 5.97 Å². The third-order valence-corrected chi connectivity index (χ3v) is 3.95. The minimum absolute atomic E-state index is 0.0466. The first-order valence-electron chi connectivity index (χ1n) is 7.04. The van der Waals surface area contributed by atoms with Crippen LogP contribution in [0.25, 0.3) is 0 Å². The van der Waals surface area contributed by atoms with Crippen LogP contribution < -0.4 is 5.32 Å². The molecule has 1 aliphatic rings. The summed E-state index contributed by atoms with van der Waals surface area (Å²) < 4.78 is 0. The highest BCUT2D eigenvalue weighted by molar-refractivity contribution is 5.66. The molecule has 0 aromatic carbocycles. The van der Waals surface area contributed by atoms with E-state index in [2.05, 4.69) is 19.2 Å². The van der Waals surface area contributed by atoms with Gasteiger partial charge in [-0.25, -0.2) is 0 Å². The van der Waals surface area contributed by atoms with Gasteiger partial charge in [-0.1, -0.05) is 26.7 Å². The van der Waals surface area contributed by atoms with Crippen LogP contribution in [0, 0.1) is 5.41 Å². The number of hydrogen-bond acceptors (Lipinski definition) is 3. The molecule has 4 nitrogen and oxygen atoms in total. The van der Waals surface area contributed by atoms with Gasteiger partial charge in [0.05, 0.1) is 6.10 Å². The Balaban J connectivity index is 2.20. The zero-order chi connectivity index (χ0) is 13.6. The monoisotopic (exact) mass is 257 g/mol. The number of aliphatic carboxylic acids is 1. The fourth-order valence-corrected chi connectivity index (χ4v) is 2.52. The molecule has 2 atom stereocenters. The molecule has 1 rings (SSSR count). The molecule has 1 saturated carbocycles. The van der Waals surface area contributed by atoms with Crippen molar-refractivity contribution in [1.82, 2.24) is 5.32 Å². The second-order valence-corrected chi connectivity index (χ2v) is 6.22. The van der Waals surface area contributed by atoms with Crippen molar-refractivity contribution in [3.63, 3.8) is 0 Å². The Bertz CT molecular complexity index is 266. The first-order chi connectivity index (χ1) is 8.41. The summed E-state index contributed by atoms with van der Waals surface area (Å²) in [5.74, 6) is -0.723. The normalized spacial score (nSPS) is 25.1. The van der Waals surface area contributed by atoms with Crippen LogP contribution in [-0.4, -0.2) is 34.9 Å². The van der Waals surface area contributed by atoms with Gasteiger partial charge in [-0.3, -0.25) is 4.79 Å². The maximum atomic E-state index is 10.6. The van der Waals surface area contributed by atoms with E-state index in [1.54, 1.807) is 0 Å². The van der Waals surface area contributed by atoms with Gasteiger partial charge in [0, 0.05) is 12.5 Å². The van der Waals surface area contributed by atoms with Gasteiger partial charge in [0.25, 0.3) is 0 Å². The van der Waals surface area contributed by atoms with Gasteiger partial charge < -0.3 is 15.5 Å². The summed E-state index contributed by atoms with van der Waals surface area (Å²) in [4.78, 5) is 10.6. The van der Waals surface area contributed by atoms with Gasteiger partial charge in [0.1, 0.15) is 0 Å². The Kier molecular flexibility index (Phi) is 6.09. The number of aliphatic hydroxyl groups excluding tert-OH is 1. The Morgan fingerprint density at radius 2 is 1.94 bits per heavy atom. The summed E-state index contributed by atoms with van der Waals surface area (Å²) in [7, 11) is 0. The van der Waals surface area contributed by atoms with Gasteiger partial charge in [0.15, 0.2) is 0 Å². The van der Waals surface area contributed by atoms with E-state index < -0.39 is 5.97 Å². The lowest BCUT2D eigenvalue weighted by molar-refractivity contribution is -0.137. The van der Waals surface area contributed by atoms with E-state index in [0.29, 0.717) is 6.42 Å². The van der Waals surface area contributed by atoms with E-state index in [9.17, 15) is 9.90 Å². The lowest BCUT2D eigenvalue weighted by Gasteiger charge is -2.30. The van der Waals surface area contributed by atoms with Crippen LogP contribution in [0.15, 0.2) is 0 Å². The molecule has 18 heavy (non-hydrogen) atoms. The van der Waals surface area contributed by atoms with Crippen LogP contribution in [0.1, 0.15) is 58.8 Å². The number of rotatable bonds is 7. The standard InChI is InChI=1S/C14H27NO3/c1-14(2,8-7-13(17)18)9-10-15-11-5-3-4-6-12(11)16/h11-12,15-16H,3-10H2,1-2H3,(H,17,18). The largest absolute Gasteiger partial charge is 0.481 e. The highest BCUT2D eigenvalue weighted by atomic mass is 16.4. The molecule has 0 aromatic heterocycles. The van der Waals surface area contributed by atoms with Crippen molar-refractivity contribution < 1.29 is 15.0 Å². The van der Waals surface area contributed by atoms with E-state index in [1.165, 1.54) is 6.42 Å². The zero-order valence-electron chi connectivity index (χ0n) is 11.6. The van der Waals surface area contributed by atoms with E-state index in [1.807, 2.05) is 0 Å². The lowest BCUT2D eigenvalue weighted by atomic mass is 9.84. The predicted molar refractivity (Wildman–Crippen MR) is 71.5 cm³/mol. The van der Waals surface area contributed by atoms with Gasteiger partial charge in [-0.15, -0.1) is 0 Å². The average molecular weight is 257 g/mol. The van der Waals surface area contributed by atoms with Crippen molar-refractivity contribution in [1.29, 1.82) is 0 Å². The number of carboxylic acids is 1. The molecule has 0 aliphatic heterocycles. The highest BCUT2D eigenvalue weighted by Gasteiger charge is 2.24. The molecule has 106 valence electrons. The Labute approximate surface area is 110 Å². The fourth-order valence-electron chi connectivity index (χ4n) is 2.52. The molecule has 2 unspecified atom stereocenters. The Hall–Kier alpha value is -0.610. The van der Waals surface area contributed by atoms with Crippen molar-refractivity contribution >= 4 is 5.97 Å². The number of hydrogen-bond donors (Lipinski definition) is 3. The molecule has 0 saturated heterocycles. The van der Waals surface area contributed by atoms with Crippen LogP contribution in [0.4, 0.5) is 0 Å². The van der Waals surface area contributed by atoms with Crippen LogP contribution in [0.3, 0.4) is 0 Å². The number of nitrogens with one attached hydrogen (secondary N) is 1. The van der Waals surface area contributed by atoms with Gasteiger partial charge in [-0.05, 0) is 37.6 Å². The molecule has 0 spiro atoms. The Morgan fingerprint density at radius 1 is 1.28 bits per heavy atom. The summed E-state index contributed by atoms with van der Waals surface area (Å²) in [6, 6.07) is 0.231. The zero-order valence-corrected chi connectivity index (χ0v) is 11.6. The van der Waals surface area contributed by atoms with Crippen molar-refractivity contribution in [2.45, 2.75) is 70.9 Å². The molecule has 0 heterocycles. The minimum atomic E-state index is -0.723. The molecule has 0 radical (unpaired) electrons. The molecule has 4 heteroatoms. The number of carboxylic acid groups (broad SMARTS) is 1. The molecular weight excluding hydrogens is 230 g/mol. The topological polar surface area (TPSA) is 69.6 Å². The van der Waals surface area contributed by atoms with Crippen molar-refractivity contribution in [3.8, 4) is 0 Å². The van der Waals surface area contributed by atoms with Crippen LogP contribution in [-0.2, 0) is 4.79 Å². The van der Waals surface area contributed by atoms with Crippen LogP contribution in [0.5, 0.6) is 0 Å². The SMILES string of the molecule is CC(C)(CCNC1CCCCC1O)CCC(=O)O. The summed E-state index contributed by atoms with van der Waals surface area (Å²) in [6.45, 7) is 5.07. The van der Waals surface area contributed by atoms with Crippen molar-refractivity contribution in [2.24, 2.45) is 5.41 Å². The summed E-state index contributed by atoms with van der Waals surface area (Å²) in [5, 5.41) is 21.9. The minimum Gasteiger partial charge on any atom is -0.481 e. The van der Waals surface area contributed by atoms with E-state index in [-0.39, 0.29) is 24.0 Å². The maximum Gasteiger partial charge on any atom is 0.303 e. The average Bonchev–Trinajstić information content (AvgIpc) is 2.29. The second-order valence-electron chi connectivity index (χ2n) is 6.22. The fraction of sp³-hybridized carbons (Fsp3) is 0.929. The van der Waals surface area contributed by atoms with E-state index in [4.69, 9.17) is 5.11 Å². The molecule has 0 bridgehead atoms. The van der Waals surface area contributed by atoms with E-state index >= 15 is 0 Å². The maximum absolute atomic E-state index is 10.6. The predicted octanol–water partition coefficient (Wildman–Crippen LogP) is 2.16. The van der Waals surface area contributed by atoms with Crippen molar-refractivity contribution in [2.75, 3.05) is 6.54 Å². The first kappa shape index (κ1) is 15.4. The molecule has 1 fully saturated rings. The first-order valence-corrected chi connectivity index (χ1v) is 7.04. The molecule has 0 aromatic rings. The lowest BCUT2D eigenvalue weighted by Crippen LogP contribution is -2.43. The van der Waals surface area contributed by atoms with Crippen molar-refractivity contribution in [3.05, 3.63) is 0 Å². The van der Waals surface area contributed by atoms with E-state index in [0.717, 1.165) is 32.2 Å². The summed E-state index contributed by atoms with van der Waals surface area (Å²) in [6.07, 6.45) is 5.96. The van der Waals surface area contributed by atoms with Crippen LogP contribution in [0.2, 0.25) is 0 Å². The van der Waals surface area contributed by atoms with Gasteiger partial charge in [0.2, 0.25) is 0 Å². The number of aliphatic hydroxyl groups is 1. The van der Waals surface area contributed by atoms with Gasteiger partial charge in [-0.2, -0.15) is 0 Å². The summed E-state index contributed by atoms with van der Waals surface area (Å²) >= 11 is 0. The quantitative estimate of drug-likeness (QED) is 0.653. The Morgan fingerprint density at radius 3 is 2.56 bits per heavy atom. The number of carbonyl (C=O) groups is 1. The smallest absolute Gasteiger partial charge is 0.303 e. The molecule has 1 aliphatic carbocycles. The molecule has 3 N–H and O–H groups in total. The second kappa shape index (κ2) is 7.10. The highest BCUT2D eigenvalue weighted by Crippen LogP contribution is 2.26. The van der Waals surface area contributed by atoms with Crippen LogP contribution >= 0.6 is 0 Å². The molecule has 0 amide bonds. The molecular formula is C14H27NO3. The third kappa shape index (κ3) is 5.83.